The van der Waals surface area contributed by atoms with E-state index in [1.807, 2.05) is 24.3 Å². The van der Waals surface area contributed by atoms with Crippen LogP contribution in [0.2, 0.25) is 0 Å². The fourth-order valence-electron chi connectivity index (χ4n) is 1.93. The number of carbonyl (C=O) groups is 2. The second kappa shape index (κ2) is 8.49. The molecule has 0 bridgehead atoms. The highest BCUT2D eigenvalue weighted by Gasteiger charge is 2.08. The van der Waals surface area contributed by atoms with Crippen molar-refractivity contribution in [3.05, 3.63) is 64.1 Å². The van der Waals surface area contributed by atoms with Gasteiger partial charge in [0.25, 0.3) is 11.8 Å². The standard InChI is InChI=1S/C18H19BrN2O3/c1-12(2)13-3-5-14(6-4-13)18(23)21-20-17(22)11-24-16-9-7-15(19)8-10-16/h3-10,12H,11H2,1-2H3,(H,20,22)(H,21,23). The van der Waals surface area contributed by atoms with E-state index in [0.29, 0.717) is 17.2 Å². The summed E-state index contributed by atoms with van der Waals surface area (Å²) in [6.07, 6.45) is 0. The Hall–Kier alpha value is -2.34. The molecule has 2 aromatic carbocycles. The molecule has 0 fully saturated rings. The van der Waals surface area contributed by atoms with Crippen LogP contribution in [0, 0.1) is 0 Å². The molecule has 126 valence electrons. The third-order valence-electron chi connectivity index (χ3n) is 3.34. The van der Waals surface area contributed by atoms with E-state index in [1.54, 1.807) is 24.3 Å². The lowest BCUT2D eigenvalue weighted by Gasteiger charge is -2.10. The van der Waals surface area contributed by atoms with E-state index < -0.39 is 5.91 Å². The van der Waals surface area contributed by atoms with Crippen molar-refractivity contribution < 1.29 is 14.3 Å². The Morgan fingerprint density at radius 1 is 1.00 bits per heavy atom. The van der Waals surface area contributed by atoms with Crippen molar-refractivity contribution in [2.75, 3.05) is 6.61 Å². The Bertz CT molecular complexity index is 697. The molecule has 2 rings (SSSR count). The fourth-order valence-corrected chi connectivity index (χ4v) is 2.20. The molecule has 5 nitrogen and oxygen atoms in total. The van der Waals surface area contributed by atoms with Crippen LogP contribution in [0.4, 0.5) is 0 Å². The summed E-state index contributed by atoms with van der Waals surface area (Å²) in [4.78, 5) is 23.7. The van der Waals surface area contributed by atoms with Gasteiger partial charge in [0.15, 0.2) is 6.61 Å². The van der Waals surface area contributed by atoms with Gasteiger partial charge in [0.1, 0.15) is 5.75 Å². The Morgan fingerprint density at radius 2 is 1.62 bits per heavy atom. The molecular formula is C18H19BrN2O3. The minimum absolute atomic E-state index is 0.186. The fraction of sp³-hybridized carbons (Fsp3) is 0.222. The van der Waals surface area contributed by atoms with Gasteiger partial charge >= 0.3 is 0 Å². The maximum Gasteiger partial charge on any atom is 0.276 e. The Kier molecular flexibility index (Phi) is 6.37. The lowest BCUT2D eigenvalue weighted by Crippen LogP contribution is -2.43. The molecule has 0 aromatic heterocycles. The topological polar surface area (TPSA) is 67.4 Å². The summed E-state index contributed by atoms with van der Waals surface area (Å²) in [7, 11) is 0. The number of halogens is 1. The predicted molar refractivity (Wildman–Crippen MR) is 95.8 cm³/mol. The van der Waals surface area contributed by atoms with Gasteiger partial charge in [-0.15, -0.1) is 0 Å². The first-order chi connectivity index (χ1) is 11.5. The average Bonchev–Trinajstić information content (AvgIpc) is 2.59. The predicted octanol–water partition coefficient (Wildman–Crippen LogP) is 3.41. The van der Waals surface area contributed by atoms with E-state index in [9.17, 15) is 9.59 Å². The van der Waals surface area contributed by atoms with Crippen LogP contribution in [0.5, 0.6) is 5.75 Å². The van der Waals surface area contributed by atoms with E-state index in [4.69, 9.17) is 4.74 Å². The number of hydrogen-bond acceptors (Lipinski definition) is 3. The highest BCUT2D eigenvalue weighted by molar-refractivity contribution is 9.10. The van der Waals surface area contributed by atoms with Gasteiger partial charge in [-0.2, -0.15) is 0 Å². The molecule has 6 heteroatoms. The van der Waals surface area contributed by atoms with Crippen LogP contribution < -0.4 is 15.6 Å². The smallest absolute Gasteiger partial charge is 0.276 e. The first-order valence-electron chi connectivity index (χ1n) is 7.53. The van der Waals surface area contributed by atoms with Crippen LogP contribution in [0.3, 0.4) is 0 Å². The maximum atomic E-state index is 12.0. The number of rotatable bonds is 5. The second-order valence-corrected chi connectivity index (χ2v) is 6.44. The maximum absolute atomic E-state index is 12.0. The summed E-state index contributed by atoms with van der Waals surface area (Å²) >= 11 is 3.32. The molecule has 0 unspecified atom stereocenters. The molecule has 0 aliphatic rings. The van der Waals surface area contributed by atoms with E-state index >= 15 is 0 Å². The lowest BCUT2D eigenvalue weighted by molar-refractivity contribution is -0.123. The summed E-state index contributed by atoms with van der Waals surface area (Å²) in [5, 5.41) is 0. The van der Waals surface area contributed by atoms with Crippen molar-refractivity contribution in [3.63, 3.8) is 0 Å². The van der Waals surface area contributed by atoms with E-state index in [2.05, 4.69) is 40.6 Å². The second-order valence-electron chi connectivity index (χ2n) is 5.52. The molecule has 0 aliphatic carbocycles. The number of hydrogen-bond donors (Lipinski definition) is 2. The van der Waals surface area contributed by atoms with E-state index in [0.717, 1.165) is 10.0 Å². The monoisotopic (exact) mass is 390 g/mol. The Labute approximate surface area is 149 Å². The first kappa shape index (κ1) is 18.0. The largest absolute Gasteiger partial charge is 0.484 e. The van der Waals surface area contributed by atoms with E-state index in [1.165, 1.54) is 0 Å². The molecule has 24 heavy (non-hydrogen) atoms. The molecule has 0 aliphatic heterocycles. The lowest BCUT2D eigenvalue weighted by atomic mass is 10.0. The van der Waals surface area contributed by atoms with Crippen LogP contribution in [0.25, 0.3) is 0 Å². The van der Waals surface area contributed by atoms with Gasteiger partial charge in [-0.25, -0.2) is 0 Å². The molecule has 2 aromatic rings. The number of nitrogens with one attached hydrogen (secondary N) is 2. The van der Waals surface area contributed by atoms with Crippen molar-refractivity contribution in [1.29, 1.82) is 0 Å². The molecular weight excluding hydrogens is 372 g/mol. The van der Waals surface area contributed by atoms with Crippen molar-refractivity contribution >= 4 is 27.7 Å². The van der Waals surface area contributed by atoms with Crippen molar-refractivity contribution in [3.8, 4) is 5.75 Å². The summed E-state index contributed by atoms with van der Waals surface area (Å²) < 4.78 is 6.24. The highest BCUT2D eigenvalue weighted by atomic mass is 79.9. The van der Waals surface area contributed by atoms with Crippen LogP contribution in [-0.4, -0.2) is 18.4 Å². The van der Waals surface area contributed by atoms with Crippen LogP contribution >= 0.6 is 15.9 Å². The molecule has 2 N–H and O–H groups in total. The third-order valence-corrected chi connectivity index (χ3v) is 3.87. The SMILES string of the molecule is CC(C)c1ccc(C(=O)NNC(=O)COc2ccc(Br)cc2)cc1. The zero-order valence-corrected chi connectivity index (χ0v) is 15.1. The Morgan fingerprint density at radius 3 is 2.21 bits per heavy atom. The summed E-state index contributed by atoms with van der Waals surface area (Å²) in [5.74, 6) is 0.161. The minimum atomic E-state index is -0.440. The van der Waals surface area contributed by atoms with Gasteiger partial charge in [0.05, 0.1) is 0 Å². The quantitative estimate of drug-likeness (QED) is 0.768. The summed E-state index contributed by atoms with van der Waals surface area (Å²) in [5.41, 5.74) is 6.33. The molecule has 0 heterocycles. The first-order valence-corrected chi connectivity index (χ1v) is 8.32. The molecule has 0 spiro atoms. The van der Waals surface area contributed by atoms with E-state index in [-0.39, 0.29) is 12.5 Å². The van der Waals surface area contributed by atoms with Crippen LogP contribution in [0.1, 0.15) is 35.7 Å². The summed E-state index contributed by atoms with van der Waals surface area (Å²) in [6, 6.07) is 14.4. The molecule has 0 saturated heterocycles. The number of ether oxygens (including phenoxy) is 1. The van der Waals surface area contributed by atoms with Crippen molar-refractivity contribution in [1.82, 2.24) is 10.9 Å². The average molecular weight is 391 g/mol. The number of hydrazine groups is 1. The zero-order chi connectivity index (χ0) is 17.5. The van der Waals surface area contributed by atoms with Gasteiger partial charge < -0.3 is 4.74 Å². The number of amides is 2. The number of carbonyl (C=O) groups excluding carboxylic acids is 2. The molecule has 0 radical (unpaired) electrons. The van der Waals surface area contributed by atoms with Gasteiger partial charge in [-0.3, -0.25) is 20.4 Å². The van der Waals surface area contributed by atoms with Gasteiger partial charge in [0, 0.05) is 10.0 Å². The van der Waals surface area contributed by atoms with Gasteiger partial charge in [0.2, 0.25) is 0 Å². The zero-order valence-electron chi connectivity index (χ0n) is 13.5. The minimum Gasteiger partial charge on any atom is -0.484 e. The highest BCUT2D eigenvalue weighted by Crippen LogP contribution is 2.16. The van der Waals surface area contributed by atoms with Gasteiger partial charge in [-0.05, 0) is 47.9 Å². The van der Waals surface area contributed by atoms with Crippen molar-refractivity contribution in [2.24, 2.45) is 0 Å². The third kappa shape index (κ3) is 5.38. The van der Waals surface area contributed by atoms with Crippen LogP contribution in [0.15, 0.2) is 53.0 Å². The number of benzene rings is 2. The normalized spacial score (nSPS) is 10.3. The Balaban J connectivity index is 1.78. The van der Waals surface area contributed by atoms with Crippen LogP contribution in [-0.2, 0) is 4.79 Å². The molecule has 0 saturated carbocycles. The van der Waals surface area contributed by atoms with Crippen molar-refractivity contribution in [2.45, 2.75) is 19.8 Å². The summed E-state index contributed by atoms with van der Waals surface area (Å²) in [6.45, 7) is 3.98. The molecule has 0 atom stereocenters. The molecule has 2 amide bonds. The van der Waals surface area contributed by atoms with Gasteiger partial charge in [-0.1, -0.05) is 41.9 Å².